The maximum Gasteiger partial charge on any atom is 0.407 e. The highest BCUT2D eigenvalue weighted by molar-refractivity contribution is 6.30. The predicted molar refractivity (Wildman–Crippen MR) is 82.5 cm³/mol. The Kier molecular flexibility index (Phi) is 8.81. The van der Waals surface area contributed by atoms with Crippen molar-refractivity contribution in [1.29, 1.82) is 0 Å². The van der Waals surface area contributed by atoms with Crippen LogP contribution >= 0.6 is 11.6 Å². The number of hydrogen-bond donors (Lipinski definition) is 1. The number of halogens is 1. The van der Waals surface area contributed by atoms with Gasteiger partial charge >= 0.3 is 6.09 Å². The van der Waals surface area contributed by atoms with Gasteiger partial charge in [0.25, 0.3) is 0 Å². The highest BCUT2D eigenvalue weighted by Crippen LogP contribution is 2.15. The first-order valence-electron chi connectivity index (χ1n) is 6.72. The van der Waals surface area contributed by atoms with Crippen molar-refractivity contribution in [1.82, 2.24) is 5.32 Å². The molecule has 1 N–H and O–H groups in total. The van der Waals surface area contributed by atoms with E-state index in [1.54, 1.807) is 24.3 Å². The summed E-state index contributed by atoms with van der Waals surface area (Å²) >= 11 is 5.75. The maximum absolute atomic E-state index is 11.3. The van der Waals surface area contributed by atoms with Crippen molar-refractivity contribution in [2.24, 2.45) is 0 Å². The van der Waals surface area contributed by atoms with Crippen LogP contribution in [0, 0.1) is 0 Å². The van der Waals surface area contributed by atoms with Crippen molar-refractivity contribution in [2.75, 3.05) is 13.2 Å². The number of alkyl carbamates (subject to hydrolysis) is 1. The Morgan fingerprint density at radius 1 is 1.20 bits per heavy atom. The van der Waals surface area contributed by atoms with Gasteiger partial charge in [-0.15, -0.1) is 0 Å². The summed E-state index contributed by atoms with van der Waals surface area (Å²) in [7, 11) is 0. The molecule has 5 heteroatoms. The lowest BCUT2D eigenvalue weighted by molar-refractivity contribution is 0.0520. The lowest BCUT2D eigenvalue weighted by Crippen LogP contribution is -2.34. The van der Waals surface area contributed by atoms with Crippen molar-refractivity contribution < 1.29 is 14.3 Å². The summed E-state index contributed by atoms with van der Waals surface area (Å²) in [5.74, 6) is 0.713. The molecule has 0 saturated carbocycles. The molecule has 0 heterocycles. The third-order valence-corrected chi connectivity index (χ3v) is 2.10. The molecular formula is C15H24ClNO3. The number of carbonyl (C=O) groups is 1. The van der Waals surface area contributed by atoms with E-state index in [1.807, 2.05) is 34.6 Å². The zero-order valence-corrected chi connectivity index (χ0v) is 13.6. The lowest BCUT2D eigenvalue weighted by atomic mass is 10.2. The van der Waals surface area contributed by atoms with E-state index in [0.29, 0.717) is 23.9 Å². The lowest BCUT2D eigenvalue weighted by Gasteiger charge is -2.19. The molecule has 0 spiro atoms. The number of benzene rings is 1. The van der Waals surface area contributed by atoms with E-state index >= 15 is 0 Å². The molecule has 1 rings (SSSR count). The van der Waals surface area contributed by atoms with Crippen molar-refractivity contribution >= 4 is 17.7 Å². The minimum absolute atomic E-state index is 0.376. The van der Waals surface area contributed by atoms with Gasteiger partial charge in [0.2, 0.25) is 0 Å². The highest BCUT2D eigenvalue weighted by Gasteiger charge is 2.15. The molecular weight excluding hydrogens is 278 g/mol. The van der Waals surface area contributed by atoms with Gasteiger partial charge in [0, 0.05) is 5.02 Å². The number of rotatable bonds is 4. The van der Waals surface area contributed by atoms with E-state index in [4.69, 9.17) is 21.1 Å². The van der Waals surface area contributed by atoms with E-state index in [2.05, 4.69) is 5.32 Å². The first-order valence-corrected chi connectivity index (χ1v) is 7.10. The van der Waals surface area contributed by atoms with Crippen LogP contribution in [0.4, 0.5) is 4.79 Å². The Hall–Kier alpha value is -1.42. The fourth-order valence-electron chi connectivity index (χ4n) is 1.17. The van der Waals surface area contributed by atoms with Gasteiger partial charge in [-0.25, -0.2) is 4.79 Å². The molecule has 0 fully saturated rings. The van der Waals surface area contributed by atoms with Gasteiger partial charge in [-0.2, -0.15) is 0 Å². The normalized spacial score (nSPS) is 10.1. The van der Waals surface area contributed by atoms with Crippen LogP contribution in [0.1, 0.15) is 34.6 Å². The smallest absolute Gasteiger partial charge is 0.407 e. The van der Waals surface area contributed by atoms with Crippen molar-refractivity contribution in [3.05, 3.63) is 29.3 Å². The molecule has 114 valence electrons. The van der Waals surface area contributed by atoms with Gasteiger partial charge in [0.1, 0.15) is 18.0 Å². The molecule has 4 nitrogen and oxygen atoms in total. The van der Waals surface area contributed by atoms with Crippen LogP contribution in [0.25, 0.3) is 0 Å². The molecule has 0 atom stereocenters. The second-order valence-corrected chi connectivity index (χ2v) is 5.17. The van der Waals surface area contributed by atoms with Crippen LogP contribution < -0.4 is 10.1 Å². The van der Waals surface area contributed by atoms with E-state index in [0.717, 1.165) is 0 Å². The summed E-state index contributed by atoms with van der Waals surface area (Å²) in [6, 6.07) is 7.04. The first kappa shape index (κ1) is 18.6. The van der Waals surface area contributed by atoms with Crippen molar-refractivity contribution in [2.45, 2.75) is 40.2 Å². The van der Waals surface area contributed by atoms with Crippen LogP contribution in [0.2, 0.25) is 5.02 Å². The van der Waals surface area contributed by atoms with Gasteiger partial charge < -0.3 is 14.8 Å². The van der Waals surface area contributed by atoms with E-state index in [9.17, 15) is 4.79 Å². The maximum atomic E-state index is 11.3. The molecule has 0 saturated heterocycles. The zero-order chi connectivity index (χ0) is 15.6. The second kappa shape index (κ2) is 9.48. The summed E-state index contributed by atoms with van der Waals surface area (Å²) in [5, 5.41) is 3.27. The minimum atomic E-state index is -0.485. The fraction of sp³-hybridized carbons (Fsp3) is 0.533. The number of ether oxygens (including phenoxy) is 2. The molecule has 0 unspecified atom stereocenters. The Bertz CT molecular complexity index is 385. The quantitative estimate of drug-likeness (QED) is 0.845. The minimum Gasteiger partial charge on any atom is -0.492 e. The number of carbonyl (C=O) groups excluding carboxylic acids is 1. The summed E-state index contributed by atoms with van der Waals surface area (Å²) in [4.78, 5) is 11.3. The molecule has 0 aliphatic rings. The molecule has 0 radical (unpaired) electrons. The van der Waals surface area contributed by atoms with Crippen LogP contribution in [0.15, 0.2) is 24.3 Å². The van der Waals surface area contributed by atoms with Crippen molar-refractivity contribution in [3.63, 3.8) is 0 Å². The number of amides is 1. The molecule has 0 aliphatic carbocycles. The average Bonchev–Trinajstić information content (AvgIpc) is 2.37. The average molecular weight is 302 g/mol. The molecule has 0 aliphatic heterocycles. The largest absolute Gasteiger partial charge is 0.492 e. The standard InChI is InChI=1S/C13H18ClNO3.C2H6/c1-13(2,3)18-12(16)15-8-9-17-11-6-4-10(14)5-7-11;1-2/h4-7H,8-9H2,1-3H3,(H,15,16);1-2H3. The van der Waals surface area contributed by atoms with Gasteiger partial charge in [0.05, 0.1) is 6.54 Å². The molecule has 0 bridgehead atoms. The zero-order valence-electron chi connectivity index (χ0n) is 12.8. The third kappa shape index (κ3) is 9.50. The van der Waals surface area contributed by atoms with Gasteiger partial charge in [-0.1, -0.05) is 25.4 Å². The van der Waals surface area contributed by atoms with Crippen LogP contribution in [0.3, 0.4) is 0 Å². The summed E-state index contributed by atoms with van der Waals surface area (Å²) < 4.78 is 10.5. The monoisotopic (exact) mass is 301 g/mol. The Morgan fingerprint density at radius 3 is 2.25 bits per heavy atom. The van der Waals surface area contributed by atoms with E-state index in [1.165, 1.54) is 0 Å². The Morgan fingerprint density at radius 2 is 1.75 bits per heavy atom. The number of nitrogens with one attached hydrogen (secondary N) is 1. The molecule has 1 aromatic rings. The SMILES string of the molecule is CC.CC(C)(C)OC(=O)NCCOc1ccc(Cl)cc1. The summed E-state index contributed by atoms with van der Waals surface area (Å²) in [5.41, 5.74) is -0.485. The summed E-state index contributed by atoms with van der Waals surface area (Å²) in [6.07, 6.45) is -0.442. The van der Waals surface area contributed by atoms with Crippen LogP contribution in [-0.2, 0) is 4.74 Å². The third-order valence-electron chi connectivity index (χ3n) is 1.85. The summed E-state index contributed by atoms with van der Waals surface area (Å²) in [6.45, 7) is 10.2. The van der Waals surface area contributed by atoms with Crippen molar-refractivity contribution in [3.8, 4) is 5.75 Å². The van der Waals surface area contributed by atoms with Gasteiger partial charge in [-0.05, 0) is 45.0 Å². The van der Waals surface area contributed by atoms with Crippen LogP contribution in [-0.4, -0.2) is 24.8 Å². The molecule has 1 aromatic carbocycles. The topological polar surface area (TPSA) is 47.6 Å². The Labute approximate surface area is 126 Å². The van der Waals surface area contributed by atoms with Crippen LogP contribution in [0.5, 0.6) is 5.75 Å². The molecule has 1 amide bonds. The van der Waals surface area contributed by atoms with Gasteiger partial charge in [-0.3, -0.25) is 0 Å². The first-order chi connectivity index (χ1) is 9.37. The molecule has 0 aromatic heterocycles. The second-order valence-electron chi connectivity index (χ2n) is 4.73. The predicted octanol–water partition coefficient (Wildman–Crippen LogP) is 4.27. The number of hydrogen-bond acceptors (Lipinski definition) is 3. The van der Waals surface area contributed by atoms with E-state index in [-0.39, 0.29) is 0 Å². The van der Waals surface area contributed by atoms with Gasteiger partial charge in [0.15, 0.2) is 0 Å². The Balaban J connectivity index is 0.00000172. The van der Waals surface area contributed by atoms with E-state index < -0.39 is 11.7 Å². The molecule has 20 heavy (non-hydrogen) atoms. The highest BCUT2D eigenvalue weighted by atomic mass is 35.5. The fourth-order valence-corrected chi connectivity index (χ4v) is 1.29.